The molecule has 0 amide bonds. The average molecular weight is 477 g/mol. The minimum absolute atomic E-state index is 0.842. The predicted molar refractivity (Wildman–Crippen MR) is 136 cm³/mol. The van der Waals surface area contributed by atoms with E-state index in [0.29, 0.717) is 0 Å². The molecule has 0 aromatic heterocycles. The van der Waals surface area contributed by atoms with E-state index in [4.69, 9.17) is 4.74 Å². The minimum Gasteiger partial charge on any atom is -0.494 e. The van der Waals surface area contributed by atoms with Crippen LogP contribution in [0.25, 0.3) is 0 Å². The zero-order chi connectivity index (χ0) is 21.6. The SMILES string of the molecule is CC(C)=CCC/C(C)=C/CN1CCCc2cc(OCCCCCCCCBr)ccc21. The Morgan fingerprint density at radius 3 is 2.57 bits per heavy atom. The fraction of sp³-hybridized carbons (Fsp3) is 0.630. The van der Waals surface area contributed by atoms with Gasteiger partial charge in [0.05, 0.1) is 6.61 Å². The Morgan fingerprint density at radius 2 is 1.80 bits per heavy atom. The Hall–Kier alpha value is -1.22. The molecule has 0 fully saturated rings. The second kappa shape index (κ2) is 14.7. The maximum absolute atomic E-state index is 6.05. The lowest BCUT2D eigenvalue weighted by Gasteiger charge is -2.31. The van der Waals surface area contributed by atoms with Crippen LogP contribution in [0.2, 0.25) is 0 Å². The summed E-state index contributed by atoms with van der Waals surface area (Å²) in [4.78, 5) is 2.53. The molecule has 2 rings (SSSR count). The van der Waals surface area contributed by atoms with Crippen LogP contribution in [0.5, 0.6) is 5.75 Å². The van der Waals surface area contributed by atoms with Crippen molar-refractivity contribution in [3.63, 3.8) is 0 Å². The summed E-state index contributed by atoms with van der Waals surface area (Å²) in [6.07, 6.45) is 17.2. The largest absolute Gasteiger partial charge is 0.494 e. The van der Waals surface area contributed by atoms with Crippen LogP contribution in [0.3, 0.4) is 0 Å². The molecule has 1 aromatic rings. The molecule has 1 heterocycles. The molecular formula is C27H42BrNO. The van der Waals surface area contributed by atoms with E-state index in [1.165, 1.54) is 67.3 Å². The number of fused-ring (bicyclic) bond motifs is 1. The Morgan fingerprint density at radius 1 is 1.03 bits per heavy atom. The maximum atomic E-state index is 6.05. The molecule has 0 atom stereocenters. The third-order valence-corrected chi connectivity index (χ3v) is 6.37. The highest BCUT2D eigenvalue weighted by Gasteiger charge is 2.16. The van der Waals surface area contributed by atoms with Gasteiger partial charge in [-0.3, -0.25) is 0 Å². The van der Waals surface area contributed by atoms with E-state index < -0.39 is 0 Å². The van der Waals surface area contributed by atoms with Gasteiger partial charge in [-0.1, -0.05) is 64.9 Å². The highest BCUT2D eigenvalue weighted by atomic mass is 79.9. The summed E-state index contributed by atoms with van der Waals surface area (Å²) in [5.41, 5.74) is 5.75. The van der Waals surface area contributed by atoms with Crippen molar-refractivity contribution in [3.8, 4) is 5.75 Å². The van der Waals surface area contributed by atoms with Gasteiger partial charge >= 0.3 is 0 Å². The fourth-order valence-electron chi connectivity index (χ4n) is 3.98. The van der Waals surface area contributed by atoms with E-state index >= 15 is 0 Å². The van der Waals surface area contributed by atoms with Crippen LogP contribution in [-0.4, -0.2) is 25.0 Å². The first kappa shape index (κ1) is 25.0. The maximum Gasteiger partial charge on any atom is 0.119 e. The molecule has 30 heavy (non-hydrogen) atoms. The number of hydrogen-bond donors (Lipinski definition) is 0. The van der Waals surface area contributed by atoms with Gasteiger partial charge < -0.3 is 9.64 Å². The molecule has 0 radical (unpaired) electrons. The molecule has 1 aromatic carbocycles. The van der Waals surface area contributed by atoms with Crippen molar-refractivity contribution in [2.24, 2.45) is 0 Å². The van der Waals surface area contributed by atoms with Gasteiger partial charge in [-0.25, -0.2) is 0 Å². The van der Waals surface area contributed by atoms with Crippen LogP contribution < -0.4 is 9.64 Å². The molecule has 168 valence electrons. The molecule has 0 bridgehead atoms. The van der Waals surface area contributed by atoms with E-state index in [1.807, 2.05) is 0 Å². The van der Waals surface area contributed by atoms with Gasteiger partial charge in [0.1, 0.15) is 5.75 Å². The molecule has 0 aliphatic carbocycles. The lowest BCUT2D eigenvalue weighted by molar-refractivity contribution is 0.304. The molecule has 0 N–H and O–H groups in total. The Bertz CT molecular complexity index is 675. The standard InChI is InChI=1S/C27H42BrNO/c1-23(2)12-10-13-24(3)17-20-29-19-11-14-25-22-26(15-16-27(25)29)30-21-9-7-5-4-6-8-18-28/h12,15-17,22H,4-11,13-14,18-21H2,1-3H3/b24-17+. The Kier molecular flexibility index (Phi) is 12.3. The van der Waals surface area contributed by atoms with Crippen LogP contribution in [-0.2, 0) is 6.42 Å². The van der Waals surface area contributed by atoms with Gasteiger partial charge in [-0.15, -0.1) is 0 Å². The normalized spacial score (nSPS) is 13.9. The molecule has 0 spiro atoms. The van der Waals surface area contributed by atoms with Gasteiger partial charge in [0.25, 0.3) is 0 Å². The predicted octanol–water partition coefficient (Wildman–Crippen LogP) is 8.25. The molecule has 1 aliphatic rings. The van der Waals surface area contributed by atoms with Gasteiger partial charge in [-0.2, -0.15) is 0 Å². The first-order chi connectivity index (χ1) is 14.6. The van der Waals surface area contributed by atoms with E-state index in [-0.39, 0.29) is 0 Å². The monoisotopic (exact) mass is 475 g/mol. The van der Waals surface area contributed by atoms with Crippen LogP contribution >= 0.6 is 15.9 Å². The average Bonchev–Trinajstić information content (AvgIpc) is 2.73. The van der Waals surface area contributed by atoms with Crippen molar-refractivity contribution in [2.75, 3.05) is 29.9 Å². The van der Waals surface area contributed by atoms with Crippen LogP contribution in [0.4, 0.5) is 5.69 Å². The summed E-state index contributed by atoms with van der Waals surface area (Å²) >= 11 is 3.50. The number of ether oxygens (including phenoxy) is 1. The van der Waals surface area contributed by atoms with Crippen molar-refractivity contribution in [1.82, 2.24) is 0 Å². The summed E-state index contributed by atoms with van der Waals surface area (Å²) < 4.78 is 6.05. The molecule has 3 heteroatoms. The van der Waals surface area contributed by atoms with Crippen molar-refractivity contribution in [1.29, 1.82) is 0 Å². The molecule has 1 aliphatic heterocycles. The second-order valence-corrected chi connectivity index (χ2v) is 9.66. The molecule has 0 saturated heterocycles. The summed E-state index contributed by atoms with van der Waals surface area (Å²) in [5, 5.41) is 1.14. The number of aryl methyl sites for hydroxylation is 1. The Balaban J connectivity index is 1.77. The summed E-state index contributed by atoms with van der Waals surface area (Å²) in [6, 6.07) is 6.72. The van der Waals surface area contributed by atoms with Gasteiger partial charge in [0, 0.05) is 24.1 Å². The number of unbranched alkanes of at least 4 members (excludes halogenated alkanes) is 5. The van der Waals surface area contributed by atoms with E-state index in [0.717, 1.165) is 50.0 Å². The highest BCUT2D eigenvalue weighted by Crippen LogP contribution is 2.30. The lowest BCUT2D eigenvalue weighted by atomic mass is 10.0. The second-order valence-electron chi connectivity index (χ2n) is 8.87. The highest BCUT2D eigenvalue weighted by molar-refractivity contribution is 9.09. The number of benzene rings is 1. The van der Waals surface area contributed by atoms with Crippen molar-refractivity contribution in [3.05, 3.63) is 47.1 Å². The topological polar surface area (TPSA) is 12.5 Å². The summed E-state index contributed by atoms with van der Waals surface area (Å²) in [5.74, 6) is 1.04. The van der Waals surface area contributed by atoms with Crippen molar-refractivity contribution >= 4 is 21.6 Å². The quantitative estimate of drug-likeness (QED) is 0.152. The zero-order valence-electron chi connectivity index (χ0n) is 19.5. The number of alkyl halides is 1. The number of nitrogens with zero attached hydrogens (tertiary/aromatic N) is 1. The summed E-state index contributed by atoms with van der Waals surface area (Å²) in [6.45, 7) is 9.63. The van der Waals surface area contributed by atoms with Gasteiger partial charge in [0.2, 0.25) is 0 Å². The number of anilines is 1. The fourth-order valence-corrected chi connectivity index (χ4v) is 4.38. The first-order valence-corrected chi connectivity index (χ1v) is 13.1. The molecular weight excluding hydrogens is 434 g/mol. The third kappa shape index (κ3) is 9.73. The number of allylic oxidation sites excluding steroid dienone is 3. The minimum atomic E-state index is 0.842. The number of halogens is 1. The van der Waals surface area contributed by atoms with Crippen molar-refractivity contribution < 1.29 is 4.74 Å². The van der Waals surface area contributed by atoms with E-state index in [1.54, 1.807) is 0 Å². The summed E-state index contributed by atoms with van der Waals surface area (Å²) in [7, 11) is 0. The van der Waals surface area contributed by atoms with Crippen molar-refractivity contribution in [2.45, 2.75) is 85.0 Å². The Labute approximate surface area is 193 Å². The third-order valence-electron chi connectivity index (χ3n) is 5.81. The number of hydrogen-bond acceptors (Lipinski definition) is 2. The van der Waals surface area contributed by atoms with Crippen LogP contribution in [0, 0.1) is 0 Å². The smallest absolute Gasteiger partial charge is 0.119 e. The number of rotatable bonds is 14. The lowest BCUT2D eigenvalue weighted by Crippen LogP contribution is -2.29. The van der Waals surface area contributed by atoms with E-state index in [2.05, 4.69) is 72.0 Å². The zero-order valence-corrected chi connectivity index (χ0v) is 21.1. The van der Waals surface area contributed by atoms with E-state index in [9.17, 15) is 0 Å². The van der Waals surface area contributed by atoms with Crippen LogP contribution in [0.15, 0.2) is 41.5 Å². The molecule has 0 saturated carbocycles. The molecule has 2 nitrogen and oxygen atoms in total. The van der Waals surface area contributed by atoms with Gasteiger partial charge in [0.15, 0.2) is 0 Å². The van der Waals surface area contributed by atoms with Crippen LogP contribution in [0.1, 0.15) is 84.1 Å². The molecule has 0 unspecified atom stereocenters. The first-order valence-electron chi connectivity index (χ1n) is 12.0. The van der Waals surface area contributed by atoms with Gasteiger partial charge in [-0.05, 0) is 83.1 Å².